The molecule has 24 heavy (non-hydrogen) atoms. The van der Waals surface area contributed by atoms with Crippen LogP contribution >= 0.6 is 0 Å². The van der Waals surface area contributed by atoms with Crippen molar-refractivity contribution >= 4 is 0 Å². The second-order valence-electron chi connectivity index (χ2n) is 8.74. The van der Waals surface area contributed by atoms with Gasteiger partial charge in [-0.3, -0.25) is 0 Å². The maximum absolute atomic E-state index is 10.0. The van der Waals surface area contributed by atoms with Gasteiger partial charge in [0.1, 0.15) is 24.4 Å². The first-order chi connectivity index (χ1) is 11.5. The van der Waals surface area contributed by atoms with Gasteiger partial charge in [-0.15, -0.1) is 0 Å². The van der Waals surface area contributed by atoms with Crippen LogP contribution in [0.3, 0.4) is 0 Å². The van der Waals surface area contributed by atoms with E-state index in [-0.39, 0.29) is 0 Å². The van der Waals surface area contributed by atoms with E-state index in [4.69, 9.17) is 9.47 Å². The highest BCUT2D eigenvalue weighted by Crippen LogP contribution is 2.61. The molecule has 0 aromatic heterocycles. The molecule has 4 aliphatic carbocycles. The van der Waals surface area contributed by atoms with Crippen LogP contribution in [0.1, 0.15) is 44.9 Å². The van der Waals surface area contributed by atoms with Crippen molar-refractivity contribution in [3.05, 3.63) is 0 Å². The lowest BCUT2D eigenvalue weighted by Crippen LogP contribution is -2.59. The average molecular weight is 342 g/mol. The molecule has 138 valence electrons. The normalized spacial score (nSPS) is 53.5. The van der Waals surface area contributed by atoms with Crippen LogP contribution in [0.15, 0.2) is 0 Å². The number of ether oxygens (including phenoxy) is 2. The molecule has 1 saturated heterocycles. The molecule has 0 amide bonds. The predicted octanol–water partition coefficient (Wildman–Crippen LogP) is 0.409. The topological polar surface area (TPSA) is 99.4 Å². The highest BCUT2D eigenvalue weighted by Gasteiger charge is 2.51. The van der Waals surface area contributed by atoms with Crippen LogP contribution in [0, 0.1) is 23.2 Å². The largest absolute Gasteiger partial charge is 0.394 e. The third-order valence-corrected chi connectivity index (χ3v) is 6.93. The Morgan fingerprint density at radius 1 is 0.875 bits per heavy atom. The predicted molar refractivity (Wildman–Crippen MR) is 84.9 cm³/mol. The molecule has 0 unspecified atom stereocenters. The molecule has 6 heteroatoms. The van der Waals surface area contributed by atoms with E-state index in [0.717, 1.165) is 24.2 Å². The standard InChI is InChI=1S/C18H30O6/c19-9-13-14(20)15(21)16(22)17(24-13)23-2-1-18-6-10-3-11(7-18)5-12(4-10)8-18/h10-17,19-22H,1-9H2/t10?,11?,12?,13-,14-,15+,16-,17-,18?/m0/s1. The Morgan fingerprint density at radius 2 is 1.46 bits per heavy atom. The molecule has 5 fully saturated rings. The fourth-order valence-electron chi connectivity index (χ4n) is 6.19. The fraction of sp³-hybridized carbons (Fsp3) is 1.00. The molecule has 0 radical (unpaired) electrons. The third kappa shape index (κ3) is 3.02. The Labute approximate surface area is 142 Å². The van der Waals surface area contributed by atoms with Gasteiger partial charge in [0.25, 0.3) is 0 Å². The SMILES string of the molecule is OC[C@@H]1O[C@H](OCCC23CC4CC(CC(C4)C2)C3)[C@@H](O)[C@H](O)[C@H]1O. The van der Waals surface area contributed by atoms with Gasteiger partial charge in [-0.25, -0.2) is 0 Å². The molecule has 0 spiro atoms. The van der Waals surface area contributed by atoms with Crippen molar-refractivity contribution in [3.8, 4) is 0 Å². The summed E-state index contributed by atoms with van der Waals surface area (Å²) in [6.07, 6.45) is 3.23. The Balaban J connectivity index is 1.32. The lowest BCUT2D eigenvalue weighted by atomic mass is 9.49. The van der Waals surface area contributed by atoms with Crippen molar-refractivity contribution in [1.82, 2.24) is 0 Å². The van der Waals surface area contributed by atoms with E-state index in [1.807, 2.05) is 0 Å². The van der Waals surface area contributed by atoms with Crippen molar-refractivity contribution < 1.29 is 29.9 Å². The minimum Gasteiger partial charge on any atom is -0.394 e. The van der Waals surface area contributed by atoms with Gasteiger partial charge >= 0.3 is 0 Å². The van der Waals surface area contributed by atoms with Gasteiger partial charge in [0.05, 0.1) is 13.2 Å². The smallest absolute Gasteiger partial charge is 0.186 e. The Bertz CT molecular complexity index is 418. The fourth-order valence-corrected chi connectivity index (χ4v) is 6.19. The Kier molecular flexibility index (Phi) is 4.65. The Hall–Kier alpha value is -0.240. The monoisotopic (exact) mass is 342 g/mol. The van der Waals surface area contributed by atoms with Crippen LogP contribution in [0.4, 0.5) is 0 Å². The summed E-state index contributed by atoms with van der Waals surface area (Å²) in [4.78, 5) is 0. The minimum atomic E-state index is -1.36. The van der Waals surface area contributed by atoms with E-state index >= 15 is 0 Å². The zero-order valence-corrected chi connectivity index (χ0v) is 14.1. The number of hydrogen-bond donors (Lipinski definition) is 4. The van der Waals surface area contributed by atoms with E-state index in [1.54, 1.807) is 0 Å². The molecule has 4 N–H and O–H groups in total. The zero-order valence-electron chi connectivity index (χ0n) is 14.1. The number of aliphatic hydroxyl groups is 4. The maximum Gasteiger partial charge on any atom is 0.186 e. The number of aliphatic hydroxyl groups excluding tert-OH is 4. The van der Waals surface area contributed by atoms with Gasteiger partial charge in [-0.2, -0.15) is 0 Å². The molecule has 6 nitrogen and oxygen atoms in total. The van der Waals surface area contributed by atoms with Gasteiger partial charge in [0.2, 0.25) is 0 Å². The van der Waals surface area contributed by atoms with Crippen LogP contribution in [0.5, 0.6) is 0 Å². The van der Waals surface area contributed by atoms with Gasteiger partial charge in [0, 0.05) is 0 Å². The first kappa shape index (κ1) is 17.2. The molecular weight excluding hydrogens is 312 g/mol. The van der Waals surface area contributed by atoms with Crippen LogP contribution < -0.4 is 0 Å². The van der Waals surface area contributed by atoms with Crippen LogP contribution in [0.2, 0.25) is 0 Å². The highest BCUT2D eigenvalue weighted by atomic mass is 16.7. The van der Waals surface area contributed by atoms with E-state index in [1.165, 1.54) is 38.5 Å². The van der Waals surface area contributed by atoms with E-state index in [9.17, 15) is 20.4 Å². The first-order valence-corrected chi connectivity index (χ1v) is 9.42. The molecule has 1 heterocycles. The van der Waals surface area contributed by atoms with Crippen molar-refractivity contribution in [2.24, 2.45) is 23.2 Å². The summed E-state index contributed by atoms with van der Waals surface area (Å²) in [7, 11) is 0. The second kappa shape index (κ2) is 6.49. The average Bonchev–Trinajstić information content (AvgIpc) is 2.53. The van der Waals surface area contributed by atoms with E-state index < -0.39 is 37.3 Å². The van der Waals surface area contributed by atoms with Crippen LogP contribution in [-0.4, -0.2) is 64.3 Å². The van der Waals surface area contributed by atoms with Crippen LogP contribution in [0.25, 0.3) is 0 Å². The minimum absolute atomic E-state index is 0.392. The summed E-state index contributed by atoms with van der Waals surface area (Å²) in [5, 5.41) is 38.9. The Morgan fingerprint density at radius 3 is 2.00 bits per heavy atom. The van der Waals surface area contributed by atoms with Gasteiger partial charge in [-0.05, 0) is 68.1 Å². The summed E-state index contributed by atoms with van der Waals surface area (Å²) in [5.41, 5.74) is 0.392. The molecule has 0 aromatic carbocycles. The van der Waals surface area contributed by atoms with Crippen LogP contribution in [-0.2, 0) is 9.47 Å². The van der Waals surface area contributed by atoms with Gasteiger partial charge in [-0.1, -0.05) is 0 Å². The molecule has 5 atom stereocenters. The molecule has 4 bridgehead atoms. The van der Waals surface area contributed by atoms with Gasteiger partial charge in [0.15, 0.2) is 6.29 Å². The second-order valence-corrected chi connectivity index (χ2v) is 8.74. The lowest BCUT2D eigenvalue weighted by Gasteiger charge is -2.57. The molecule has 5 rings (SSSR count). The molecular formula is C18H30O6. The third-order valence-electron chi connectivity index (χ3n) is 6.93. The maximum atomic E-state index is 10.0. The summed E-state index contributed by atoms with van der Waals surface area (Å²) in [6, 6.07) is 0. The first-order valence-electron chi connectivity index (χ1n) is 9.42. The molecule has 0 aromatic rings. The molecule has 1 aliphatic heterocycles. The van der Waals surface area contributed by atoms with Crippen molar-refractivity contribution in [1.29, 1.82) is 0 Å². The summed E-state index contributed by atoms with van der Waals surface area (Å²) in [5.74, 6) is 2.68. The van der Waals surface area contributed by atoms with E-state index in [0.29, 0.717) is 12.0 Å². The van der Waals surface area contributed by atoms with Crippen molar-refractivity contribution in [2.45, 2.75) is 75.7 Å². The lowest BCUT2D eigenvalue weighted by molar-refractivity contribution is -0.302. The molecule has 5 aliphatic rings. The number of rotatable bonds is 5. The van der Waals surface area contributed by atoms with Crippen molar-refractivity contribution in [2.75, 3.05) is 13.2 Å². The zero-order chi connectivity index (χ0) is 16.9. The summed E-state index contributed by atoms with van der Waals surface area (Å²) in [6.45, 7) is 0.0641. The van der Waals surface area contributed by atoms with E-state index in [2.05, 4.69) is 0 Å². The van der Waals surface area contributed by atoms with Crippen molar-refractivity contribution in [3.63, 3.8) is 0 Å². The molecule has 4 saturated carbocycles. The summed E-state index contributed by atoms with van der Waals surface area (Å²) < 4.78 is 11.1. The summed E-state index contributed by atoms with van der Waals surface area (Å²) >= 11 is 0. The number of hydrogen-bond acceptors (Lipinski definition) is 6. The quantitative estimate of drug-likeness (QED) is 0.578. The van der Waals surface area contributed by atoms with Gasteiger partial charge < -0.3 is 29.9 Å². The highest BCUT2D eigenvalue weighted by molar-refractivity contribution is 5.01.